The van der Waals surface area contributed by atoms with Gasteiger partial charge in [-0.15, -0.1) is 0 Å². The van der Waals surface area contributed by atoms with Crippen LogP contribution in [0.2, 0.25) is 0 Å². The molecule has 1 unspecified atom stereocenters. The summed E-state index contributed by atoms with van der Waals surface area (Å²) in [5.74, 6) is -1.33. The molecular weight excluding hydrogens is 276 g/mol. The Hall–Kier alpha value is -1.49. The lowest BCUT2D eigenvalue weighted by Gasteiger charge is -2.31. The van der Waals surface area contributed by atoms with Gasteiger partial charge in [0.05, 0.1) is 6.61 Å². The van der Waals surface area contributed by atoms with E-state index in [1.54, 1.807) is 6.92 Å². The van der Waals surface area contributed by atoms with Gasteiger partial charge in [-0.05, 0) is 43.4 Å². The summed E-state index contributed by atoms with van der Waals surface area (Å²) in [6.07, 6.45) is 3.55. The minimum atomic E-state index is -1.17. The standard InChI is InChI=1S/C16H21F2NO2/c1-2-21-15(20)16(10-19,6-5-11-3-4-11)12-7-13(17)9-14(18)8-12/h7-9,11H,2-6,10,19H2,1H3. The summed E-state index contributed by atoms with van der Waals surface area (Å²) in [7, 11) is 0. The number of carbonyl (C=O) groups is 1. The molecule has 1 aliphatic rings. The second-order valence-electron chi connectivity index (χ2n) is 5.65. The van der Waals surface area contributed by atoms with Gasteiger partial charge in [-0.25, -0.2) is 8.78 Å². The van der Waals surface area contributed by atoms with E-state index < -0.39 is 23.0 Å². The molecule has 0 spiro atoms. The second-order valence-corrected chi connectivity index (χ2v) is 5.65. The van der Waals surface area contributed by atoms with Crippen molar-refractivity contribution in [2.24, 2.45) is 11.7 Å². The number of carbonyl (C=O) groups excluding carboxylic acids is 1. The van der Waals surface area contributed by atoms with Crippen LogP contribution < -0.4 is 5.73 Å². The quantitative estimate of drug-likeness (QED) is 0.787. The SMILES string of the molecule is CCOC(=O)C(CN)(CCC1CC1)c1cc(F)cc(F)c1. The predicted octanol–water partition coefficient (Wildman–Crippen LogP) is 2.91. The van der Waals surface area contributed by atoms with Gasteiger partial charge in [0.1, 0.15) is 17.0 Å². The summed E-state index contributed by atoms with van der Waals surface area (Å²) < 4.78 is 32.2. The van der Waals surface area contributed by atoms with Gasteiger partial charge in [0.25, 0.3) is 0 Å². The van der Waals surface area contributed by atoms with Crippen LogP contribution in [0.1, 0.15) is 38.2 Å². The zero-order chi connectivity index (χ0) is 15.5. The van der Waals surface area contributed by atoms with E-state index in [2.05, 4.69) is 0 Å². The van der Waals surface area contributed by atoms with Crippen molar-refractivity contribution in [3.8, 4) is 0 Å². The number of nitrogens with two attached hydrogens (primary N) is 1. The van der Waals surface area contributed by atoms with Crippen molar-refractivity contribution >= 4 is 5.97 Å². The lowest BCUT2D eigenvalue weighted by atomic mass is 9.76. The highest BCUT2D eigenvalue weighted by atomic mass is 19.1. The van der Waals surface area contributed by atoms with Crippen LogP contribution in [0.3, 0.4) is 0 Å². The van der Waals surface area contributed by atoms with Crippen molar-refractivity contribution < 1.29 is 18.3 Å². The summed E-state index contributed by atoms with van der Waals surface area (Å²) in [4.78, 5) is 12.4. The fraction of sp³-hybridized carbons (Fsp3) is 0.562. The summed E-state index contributed by atoms with van der Waals surface area (Å²) in [6.45, 7) is 1.88. The first-order valence-electron chi connectivity index (χ1n) is 7.35. The fourth-order valence-corrected chi connectivity index (χ4v) is 2.62. The van der Waals surface area contributed by atoms with Gasteiger partial charge in [0.2, 0.25) is 0 Å². The monoisotopic (exact) mass is 297 g/mol. The first-order chi connectivity index (χ1) is 10.0. The number of benzene rings is 1. The summed E-state index contributed by atoms with van der Waals surface area (Å²) in [5, 5.41) is 0. The first kappa shape index (κ1) is 15.9. The third kappa shape index (κ3) is 3.59. The summed E-state index contributed by atoms with van der Waals surface area (Å²) >= 11 is 0. The zero-order valence-corrected chi connectivity index (χ0v) is 12.2. The average molecular weight is 297 g/mol. The van der Waals surface area contributed by atoms with E-state index in [1.807, 2.05) is 0 Å². The van der Waals surface area contributed by atoms with Crippen LogP contribution in [-0.4, -0.2) is 19.1 Å². The average Bonchev–Trinajstić information content (AvgIpc) is 3.23. The number of hydrogen-bond acceptors (Lipinski definition) is 3. The molecule has 0 amide bonds. The molecule has 1 atom stereocenters. The van der Waals surface area contributed by atoms with E-state index in [0.29, 0.717) is 12.3 Å². The molecule has 116 valence electrons. The molecule has 2 N–H and O–H groups in total. The van der Waals surface area contributed by atoms with Crippen molar-refractivity contribution in [1.82, 2.24) is 0 Å². The Bertz CT molecular complexity index is 497. The molecule has 0 aliphatic heterocycles. The Labute approximate surface area is 123 Å². The van der Waals surface area contributed by atoms with Crippen LogP contribution in [0.5, 0.6) is 0 Å². The number of halogens is 2. The number of hydrogen-bond donors (Lipinski definition) is 1. The van der Waals surface area contributed by atoms with Crippen LogP contribution >= 0.6 is 0 Å². The molecular formula is C16H21F2NO2. The Kier molecular flexibility index (Phi) is 4.93. The van der Waals surface area contributed by atoms with E-state index >= 15 is 0 Å². The number of esters is 1. The van der Waals surface area contributed by atoms with Gasteiger partial charge in [0.15, 0.2) is 0 Å². The maximum Gasteiger partial charge on any atom is 0.317 e. The van der Waals surface area contributed by atoms with Crippen LogP contribution in [0.15, 0.2) is 18.2 Å². The van der Waals surface area contributed by atoms with Crippen molar-refractivity contribution in [2.75, 3.05) is 13.2 Å². The van der Waals surface area contributed by atoms with E-state index in [4.69, 9.17) is 10.5 Å². The Balaban J connectivity index is 2.37. The molecule has 2 rings (SSSR count). The van der Waals surface area contributed by atoms with E-state index in [-0.39, 0.29) is 18.7 Å². The minimum Gasteiger partial charge on any atom is -0.465 e. The summed E-state index contributed by atoms with van der Waals surface area (Å²) in [6, 6.07) is 3.15. The lowest BCUT2D eigenvalue weighted by Crippen LogP contribution is -2.44. The molecule has 1 fully saturated rings. The fourth-order valence-electron chi connectivity index (χ4n) is 2.62. The van der Waals surface area contributed by atoms with Crippen LogP contribution in [-0.2, 0) is 14.9 Å². The van der Waals surface area contributed by atoms with Crippen LogP contribution in [0.4, 0.5) is 8.78 Å². The van der Waals surface area contributed by atoms with Crippen molar-refractivity contribution in [1.29, 1.82) is 0 Å². The van der Waals surface area contributed by atoms with Crippen molar-refractivity contribution in [3.05, 3.63) is 35.4 Å². The molecule has 1 aromatic rings. The highest BCUT2D eigenvalue weighted by molar-refractivity contribution is 5.83. The third-order valence-corrected chi connectivity index (χ3v) is 4.11. The molecule has 1 aliphatic carbocycles. The van der Waals surface area contributed by atoms with E-state index in [0.717, 1.165) is 25.3 Å². The van der Waals surface area contributed by atoms with Gasteiger partial charge in [0, 0.05) is 12.6 Å². The molecule has 0 bridgehead atoms. The van der Waals surface area contributed by atoms with Gasteiger partial charge >= 0.3 is 5.97 Å². The van der Waals surface area contributed by atoms with Gasteiger partial charge in [-0.2, -0.15) is 0 Å². The Morgan fingerprint density at radius 2 is 1.95 bits per heavy atom. The van der Waals surface area contributed by atoms with Gasteiger partial charge in [-0.3, -0.25) is 4.79 Å². The molecule has 5 heteroatoms. The minimum absolute atomic E-state index is 0.0263. The van der Waals surface area contributed by atoms with Crippen LogP contribution in [0, 0.1) is 17.6 Å². The van der Waals surface area contributed by atoms with Gasteiger partial charge < -0.3 is 10.5 Å². The molecule has 0 saturated heterocycles. The zero-order valence-electron chi connectivity index (χ0n) is 12.2. The molecule has 1 aromatic carbocycles. The Morgan fingerprint density at radius 1 is 1.33 bits per heavy atom. The maximum absolute atomic E-state index is 13.5. The molecule has 0 heterocycles. The lowest BCUT2D eigenvalue weighted by molar-refractivity contribution is -0.150. The molecule has 0 aromatic heterocycles. The highest BCUT2D eigenvalue weighted by Crippen LogP contribution is 2.39. The van der Waals surface area contributed by atoms with E-state index in [9.17, 15) is 13.6 Å². The van der Waals surface area contributed by atoms with Crippen molar-refractivity contribution in [2.45, 2.75) is 38.0 Å². The first-order valence-corrected chi connectivity index (χ1v) is 7.35. The number of rotatable bonds is 7. The predicted molar refractivity (Wildman–Crippen MR) is 75.7 cm³/mol. The Morgan fingerprint density at radius 3 is 2.43 bits per heavy atom. The summed E-state index contributed by atoms with van der Waals surface area (Å²) in [5.41, 5.74) is 4.93. The molecule has 3 nitrogen and oxygen atoms in total. The molecule has 0 radical (unpaired) electrons. The highest BCUT2D eigenvalue weighted by Gasteiger charge is 2.42. The third-order valence-electron chi connectivity index (χ3n) is 4.11. The molecule has 1 saturated carbocycles. The van der Waals surface area contributed by atoms with Crippen molar-refractivity contribution in [3.63, 3.8) is 0 Å². The van der Waals surface area contributed by atoms with Crippen LogP contribution in [0.25, 0.3) is 0 Å². The molecule has 21 heavy (non-hydrogen) atoms. The van der Waals surface area contributed by atoms with E-state index in [1.165, 1.54) is 12.1 Å². The smallest absolute Gasteiger partial charge is 0.317 e. The second kappa shape index (κ2) is 6.52. The largest absolute Gasteiger partial charge is 0.465 e. The maximum atomic E-state index is 13.5. The van der Waals surface area contributed by atoms with Gasteiger partial charge in [-0.1, -0.05) is 12.8 Å². The normalized spacial score (nSPS) is 17.3. The number of ether oxygens (including phenoxy) is 1. The topological polar surface area (TPSA) is 52.3 Å².